The lowest BCUT2D eigenvalue weighted by Gasteiger charge is -2.28. The number of rotatable bonds is 47. The Labute approximate surface area is 383 Å². The lowest BCUT2D eigenvalue weighted by atomic mass is 10.1. The van der Waals surface area contributed by atoms with Crippen molar-refractivity contribution in [1.82, 2.24) is 0 Å². The molecule has 0 radical (unpaired) electrons. The second kappa shape index (κ2) is 45.8. The van der Waals surface area contributed by atoms with E-state index in [4.69, 9.17) is 18.5 Å². The van der Waals surface area contributed by atoms with E-state index in [-0.39, 0.29) is 25.8 Å². The topological polar surface area (TPSA) is 94.1 Å². The quantitative estimate of drug-likeness (QED) is 0.0197. The zero-order valence-electron chi connectivity index (χ0n) is 41.1. The van der Waals surface area contributed by atoms with Crippen LogP contribution in [0.15, 0.2) is 60.8 Å². The average Bonchev–Trinajstić information content (AvgIpc) is 3.23. The molecule has 0 aliphatic carbocycles. The van der Waals surface area contributed by atoms with Crippen LogP contribution < -0.4 is 4.89 Å². The molecule has 62 heavy (non-hydrogen) atoms. The molecule has 362 valence electrons. The maximum absolute atomic E-state index is 12.7. The van der Waals surface area contributed by atoms with E-state index < -0.39 is 13.9 Å². The molecule has 0 aliphatic rings. The van der Waals surface area contributed by atoms with Gasteiger partial charge < -0.3 is 27.9 Å². The van der Waals surface area contributed by atoms with Crippen molar-refractivity contribution in [2.45, 2.75) is 219 Å². The van der Waals surface area contributed by atoms with Crippen molar-refractivity contribution in [3.63, 3.8) is 0 Å². The fourth-order valence-corrected chi connectivity index (χ4v) is 7.55. The highest BCUT2D eigenvalue weighted by Gasteiger charge is 2.20. The number of hydrogen-bond donors (Lipinski definition) is 0. The molecule has 0 aliphatic heterocycles. The number of quaternary nitrogens is 1. The van der Waals surface area contributed by atoms with Crippen LogP contribution in [0.5, 0.6) is 0 Å². The molecule has 2 atom stereocenters. The first-order chi connectivity index (χ1) is 30.1. The third-order valence-electron chi connectivity index (χ3n) is 10.8. The van der Waals surface area contributed by atoms with E-state index in [2.05, 4.69) is 74.6 Å². The number of phosphoric acid groups is 1. The Balaban J connectivity index is 4.20. The number of ether oxygens (including phenoxy) is 2. The summed E-state index contributed by atoms with van der Waals surface area (Å²) in [5.74, 6) is -0.346. The van der Waals surface area contributed by atoms with E-state index in [1.54, 1.807) is 0 Å². The normalized spacial score (nSPS) is 14.1. The number of carbonyl (C=O) groups is 1. The van der Waals surface area contributed by atoms with Gasteiger partial charge in [0.2, 0.25) is 0 Å². The minimum absolute atomic E-state index is 0.0200. The van der Waals surface area contributed by atoms with Crippen molar-refractivity contribution in [1.29, 1.82) is 0 Å². The molecule has 0 heterocycles. The molecule has 8 nitrogen and oxygen atoms in total. The van der Waals surface area contributed by atoms with Crippen molar-refractivity contribution in [2.24, 2.45) is 0 Å². The summed E-state index contributed by atoms with van der Waals surface area (Å²) in [6.45, 7) is 5.36. The van der Waals surface area contributed by atoms with Crippen LogP contribution in [-0.2, 0) is 27.9 Å². The van der Waals surface area contributed by atoms with Crippen LogP contribution in [0.25, 0.3) is 0 Å². The number of esters is 1. The number of allylic oxidation sites excluding steroid dienone is 10. The lowest BCUT2D eigenvalue weighted by Crippen LogP contribution is -2.37. The molecule has 0 saturated heterocycles. The summed E-state index contributed by atoms with van der Waals surface area (Å²) in [5.41, 5.74) is 0. The number of likely N-dealkylation sites (N-methyl/N-ethyl adjacent to an activating group) is 1. The Bertz CT molecular complexity index is 1170. The molecule has 0 N–H and O–H groups in total. The van der Waals surface area contributed by atoms with Crippen molar-refractivity contribution in [2.75, 3.05) is 54.1 Å². The van der Waals surface area contributed by atoms with E-state index in [1.807, 2.05) is 21.1 Å². The van der Waals surface area contributed by atoms with Crippen LogP contribution in [0.3, 0.4) is 0 Å². The third kappa shape index (κ3) is 49.2. The highest BCUT2D eigenvalue weighted by atomic mass is 31.2. The predicted molar refractivity (Wildman–Crippen MR) is 263 cm³/mol. The summed E-state index contributed by atoms with van der Waals surface area (Å²) in [6, 6.07) is 0. The van der Waals surface area contributed by atoms with Crippen molar-refractivity contribution in [3.05, 3.63) is 60.8 Å². The van der Waals surface area contributed by atoms with Gasteiger partial charge in [-0.1, -0.05) is 184 Å². The van der Waals surface area contributed by atoms with E-state index in [0.29, 0.717) is 24.1 Å². The van der Waals surface area contributed by atoms with Gasteiger partial charge in [-0.3, -0.25) is 9.36 Å². The lowest BCUT2D eigenvalue weighted by molar-refractivity contribution is -0.870. The minimum atomic E-state index is -4.54. The van der Waals surface area contributed by atoms with Gasteiger partial charge in [-0.05, 0) is 83.5 Å². The average molecular weight is 892 g/mol. The smallest absolute Gasteiger partial charge is 0.306 e. The number of hydrogen-bond acceptors (Lipinski definition) is 7. The van der Waals surface area contributed by atoms with Gasteiger partial charge in [0.05, 0.1) is 34.4 Å². The highest BCUT2D eigenvalue weighted by Crippen LogP contribution is 2.38. The summed E-state index contributed by atoms with van der Waals surface area (Å²) in [7, 11) is 1.34. The number of unbranched alkanes of at least 4 members (excludes halogenated alkanes) is 23. The maximum Gasteiger partial charge on any atom is 0.306 e. The summed E-state index contributed by atoms with van der Waals surface area (Å²) in [5, 5.41) is 0. The molecule has 0 fully saturated rings. The summed E-state index contributed by atoms with van der Waals surface area (Å²) < 4.78 is 34.7. The molecule has 0 saturated carbocycles. The fraction of sp³-hybridized carbons (Fsp3) is 0.792. The van der Waals surface area contributed by atoms with E-state index in [9.17, 15) is 14.3 Å². The Hall–Kier alpha value is -1.80. The number of phosphoric ester groups is 1. The number of nitrogens with zero attached hydrogens (tertiary/aromatic N) is 1. The van der Waals surface area contributed by atoms with Crippen LogP contribution in [0.2, 0.25) is 0 Å². The number of carbonyl (C=O) groups excluding carboxylic acids is 1. The van der Waals surface area contributed by atoms with Crippen LogP contribution in [-0.4, -0.2) is 70.7 Å². The summed E-state index contributed by atoms with van der Waals surface area (Å²) in [4.78, 5) is 25.2. The monoisotopic (exact) mass is 892 g/mol. The molecule has 0 aromatic rings. The van der Waals surface area contributed by atoms with E-state index in [0.717, 1.165) is 70.6 Å². The van der Waals surface area contributed by atoms with Crippen molar-refractivity contribution in [3.8, 4) is 0 Å². The standard InChI is InChI=1S/C53H98NO7P/c1-6-8-10-12-14-16-18-20-22-24-26-27-28-29-31-33-35-37-39-41-43-45-48-58-50-52(51-60-62(56,57)59-49-47-54(3,4)5)61-53(55)46-44-42-40-38-36-34-32-30-25-23-21-19-17-15-13-11-9-7-2/h17-20,23-26,28-29,52H,6-16,21-22,27,30-51H2,1-5H3/b19-17-,20-18-,25-23-,26-24-,29-28-. The first-order valence-corrected chi connectivity index (χ1v) is 27.0. The van der Waals surface area contributed by atoms with Crippen LogP contribution >= 0.6 is 7.82 Å². The first kappa shape index (κ1) is 60.2. The Morgan fingerprint density at radius 1 is 0.500 bits per heavy atom. The Morgan fingerprint density at radius 2 is 0.887 bits per heavy atom. The van der Waals surface area contributed by atoms with Crippen LogP contribution in [0.1, 0.15) is 213 Å². The second-order valence-electron chi connectivity index (χ2n) is 18.2. The first-order valence-electron chi connectivity index (χ1n) is 25.5. The van der Waals surface area contributed by atoms with Gasteiger partial charge in [0.1, 0.15) is 19.3 Å². The van der Waals surface area contributed by atoms with E-state index in [1.165, 1.54) is 122 Å². The molecule has 0 spiro atoms. The molecular formula is C53H98NO7P. The molecule has 0 rings (SSSR count). The SMILES string of the molecule is CCCCCC/C=C\C/C=C\CCCCCCCCCC(=O)OC(COCCCCCCCCC/C=C\C/C=C\C/C=C\CCCCCCC)COP(=O)([O-])OCC[N+](C)(C)C. The third-order valence-corrected chi connectivity index (χ3v) is 11.8. The molecular weight excluding hydrogens is 794 g/mol. The van der Waals surface area contributed by atoms with Gasteiger partial charge in [-0.15, -0.1) is 0 Å². The Kier molecular flexibility index (Phi) is 44.4. The van der Waals surface area contributed by atoms with Gasteiger partial charge >= 0.3 is 5.97 Å². The largest absolute Gasteiger partial charge is 0.756 e. The molecule has 0 aromatic heterocycles. The van der Waals surface area contributed by atoms with Gasteiger partial charge in [0.25, 0.3) is 7.82 Å². The summed E-state index contributed by atoms with van der Waals surface area (Å²) in [6.07, 6.45) is 58.1. The van der Waals surface area contributed by atoms with Crippen molar-refractivity contribution < 1.29 is 37.3 Å². The summed E-state index contributed by atoms with van der Waals surface area (Å²) >= 11 is 0. The van der Waals surface area contributed by atoms with Crippen molar-refractivity contribution >= 4 is 13.8 Å². The zero-order chi connectivity index (χ0) is 45.5. The van der Waals surface area contributed by atoms with Gasteiger partial charge in [0.15, 0.2) is 0 Å². The molecule has 0 amide bonds. The van der Waals surface area contributed by atoms with E-state index >= 15 is 0 Å². The maximum atomic E-state index is 12.7. The van der Waals surface area contributed by atoms with Gasteiger partial charge in [-0.25, -0.2) is 0 Å². The molecule has 9 heteroatoms. The van der Waals surface area contributed by atoms with Crippen LogP contribution in [0.4, 0.5) is 0 Å². The predicted octanol–water partition coefficient (Wildman–Crippen LogP) is 15.0. The zero-order valence-corrected chi connectivity index (χ0v) is 42.0. The highest BCUT2D eigenvalue weighted by molar-refractivity contribution is 7.45. The molecule has 2 unspecified atom stereocenters. The molecule has 0 aromatic carbocycles. The van der Waals surface area contributed by atoms with Gasteiger partial charge in [-0.2, -0.15) is 0 Å². The fourth-order valence-electron chi connectivity index (χ4n) is 6.82. The Morgan fingerprint density at radius 3 is 1.34 bits per heavy atom. The van der Waals surface area contributed by atoms with Gasteiger partial charge in [0, 0.05) is 13.0 Å². The van der Waals surface area contributed by atoms with Crippen LogP contribution in [0, 0.1) is 0 Å². The molecule has 0 bridgehead atoms. The second-order valence-corrected chi connectivity index (χ2v) is 19.6. The minimum Gasteiger partial charge on any atom is -0.756 e.